The molecule has 0 saturated heterocycles. The second-order valence-electron chi connectivity index (χ2n) is 1.25. The SMILES string of the molecule is NNC(=O)C1C=N1. The molecule has 1 rings (SSSR count). The molecule has 0 fully saturated rings. The number of hydrogen-bond donors (Lipinski definition) is 2. The summed E-state index contributed by atoms with van der Waals surface area (Å²) in [4.78, 5) is 13.8. The molecule has 0 aromatic rings. The zero-order chi connectivity index (χ0) is 5.28. The van der Waals surface area contributed by atoms with E-state index in [2.05, 4.69) is 4.99 Å². The quantitative estimate of drug-likeness (QED) is 0.237. The predicted octanol–water partition coefficient (Wildman–Crippen LogP) is -1.57. The highest BCUT2D eigenvalue weighted by atomic mass is 16.2. The first kappa shape index (κ1) is 4.26. The summed E-state index contributed by atoms with van der Waals surface area (Å²) < 4.78 is 0. The Bertz CT molecular complexity index is 113. The highest BCUT2D eigenvalue weighted by molar-refractivity contribution is 6.05. The van der Waals surface area contributed by atoms with Crippen LogP contribution < -0.4 is 11.3 Å². The molecule has 1 atom stereocenters. The molecule has 38 valence electrons. The molecular formula is C3H5N3O. The molecule has 0 bridgehead atoms. The average Bonchev–Trinajstić information content (AvgIpc) is 2.44. The lowest BCUT2D eigenvalue weighted by atomic mass is 10.4. The van der Waals surface area contributed by atoms with Crippen LogP contribution in [-0.4, -0.2) is 18.2 Å². The summed E-state index contributed by atoms with van der Waals surface area (Å²) in [6.07, 6.45) is 1.53. The lowest BCUT2D eigenvalue weighted by Gasteiger charge is -1.88. The van der Waals surface area contributed by atoms with Gasteiger partial charge in [-0.15, -0.1) is 0 Å². The lowest BCUT2D eigenvalue weighted by molar-refractivity contribution is -0.120. The van der Waals surface area contributed by atoms with Crippen LogP contribution in [0.3, 0.4) is 0 Å². The van der Waals surface area contributed by atoms with E-state index in [0.717, 1.165) is 0 Å². The van der Waals surface area contributed by atoms with E-state index < -0.39 is 0 Å². The molecule has 0 radical (unpaired) electrons. The molecule has 1 heterocycles. The molecular weight excluding hydrogens is 94.1 g/mol. The zero-order valence-electron chi connectivity index (χ0n) is 3.59. The van der Waals surface area contributed by atoms with Crippen molar-refractivity contribution < 1.29 is 4.79 Å². The summed E-state index contributed by atoms with van der Waals surface area (Å²) in [6.45, 7) is 0. The van der Waals surface area contributed by atoms with Gasteiger partial charge in [-0.25, -0.2) is 5.84 Å². The molecule has 4 heteroatoms. The molecule has 0 aliphatic carbocycles. The summed E-state index contributed by atoms with van der Waals surface area (Å²) in [7, 11) is 0. The van der Waals surface area contributed by atoms with Crippen LogP contribution in [0.2, 0.25) is 0 Å². The maximum Gasteiger partial charge on any atom is 0.264 e. The number of hydrazine groups is 1. The summed E-state index contributed by atoms with van der Waals surface area (Å²) in [5, 5.41) is 0. The Kier molecular flexibility index (Phi) is 0.796. The molecule has 7 heavy (non-hydrogen) atoms. The average molecular weight is 99.1 g/mol. The van der Waals surface area contributed by atoms with Gasteiger partial charge in [-0.2, -0.15) is 0 Å². The molecule has 0 saturated carbocycles. The molecule has 1 amide bonds. The third-order valence-corrected chi connectivity index (χ3v) is 0.709. The molecule has 1 aliphatic heterocycles. The maximum absolute atomic E-state index is 10.2. The van der Waals surface area contributed by atoms with E-state index >= 15 is 0 Å². The standard InChI is InChI=1S/C3H5N3O/c4-6-3(7)2-1-5-2/h1-2H,4H2,(H,6,7). The second kappa shape index (κ2) is 1.31. The fourth-order valence-corrected chi connectivity index (χ4v) is 0.264. The number of nitrogens with zero attached hydrogens (tertiary/aromatic N) is 1. The topological polar surface area (TPSA) is 67.5 Å². The van der Waals surface area contributed by atoms with Gasteiger partial charge >= 0.3 is 0 Å². The summed E-state index contributed by atoms with van der Waals surface area (Å²) in [5.41, 5.74) is 1.96. The first-order valence-corrected chi connectivity index (χ1v) is 1.88. The van der Waals surface area contributed by atoms with Gasteiger partial charge in [0.15, 0.2) is 6.04 Å². The maximum atomic E-state index is 10.2. The van der Waals surface area contributed by atoms with Crippen molar-refractivity contribution in [2.45, 2.75) is 6.04 Å². The van der Waals surface area contributed by atoms with Crippen molar-refractivity contribution in [1.82, 2.24) is 5.43 Å². The number of nitrogens with one attached hydrogen (secondary N) is 1. The van der Waals surface area contributed by atoms with Gasteiger partial charge in [0.05, 0.1) is 0 Å². The molecule has 1 aliphatic rings. The van der Waals surface area contributed by atoms with Crippen LogP contribution in [0, 0.1) is 0 Å². The van der Waals surface area contributed by atoms with Gasteiger partial charge in [-0.3, -0.25) is 15.2 Å². The van der Waals surface area contributed by atoms with Gasteiger partial charge in [0.25, 0.3) is 5.91 Å². The van der Waals surface area contributed by atoms with E-state index in [0.29, 0.717) is 0 Å². The molecule has 3 N–H and O–H groups in total. The smallest absolute Gasteiger partial charge is 0.264 e. The Morgan fingerprint density at radius 2 is 2.57 bits per heavy atom. The van der Waals surface area contributed by atoms with E-state index in [9.17, 15) is 4.79 Å². The number of carbonyl (C=O) groups is 1. The van der Waals surface area contributed by atoms with Gasteiger partial charge < -0.3 is 0 Å². The van der Waals surface area contributed by atoms with Crippen LogP contribution in [0.25, 0.3) is 0 Å². The Morgan fingerprint density at radius 1 is 2.00 bits per heavy atom. The van der Waals surface area contributed by atoms with Crippen molar-refractivity contribution in [3.05, 3.63) is 0 Å². The van der Waals surface area contributed by atoms with Crippen LogP contribution in [0.5, 0.6) is 0 Å². The van der Waals surface area contributed by atoms with E-state index in [1.54, 1.807) is 0 Å². The van der Waals surface area contributed by atoms with Gasteiger partial charge in [-0.05, 0) is 0 Å². The highest BCUT2D eigenvalue weighted by Gasteiger charge is 2.20. The number of nitrogens with two attached hydrogens (primary N) is 1. The first-order chi connectivity index (χ1) is 3.34. The molecule has 4 nitrogen and oxygen atoms in total. The van der Waals surface area contributed by atoms with Crippen LogP contribution in [0.15, 0.2) is 4.99 Å². The third-order valence-electron chi connectivity index (χ3n) is 0.709. The minimum atomic E-state index is -0.259. The minimum Gasteiger partial charge on any atom is -0.292 e. The minimum absolute atomic E-state index is 0.236. The van der Waals surface area contributed by atoms with E-state index in [4.69, 9.17) is 5.84 Å². The van der Waals surface area contributed by atoms with Crippen molar-refractivity contribution in [2.75, 3.05) is 0 Å². The Morgan fingerprint density at radius 3 is 2.71 bits per heavy atom. The van der Waals surface area contributed by atoms with Crippen molar-refractivity contribution >= 4 is 12.1 Å². The number of hydrogen-bond acceptors (Lipinski definition) is 3. The Balaban J connectivity index is 2.26. The zero-order valence-corrected chi connectivity index (χ0v) is 3.59. The predicted molar refractivity (Wildman–Crippen MR) is 24.6 cm³/mol. The fraction of sp³-hybridized carbons (Fsp3) is 0.333. The first-order valence-electron chi connectivity index (χ1n) is 1.88. The van der Waals surface area contributed by atoms with E-state index in [1.165, 1.54) is 6.21 Å². The Hall–Kier alpha value is -0.900. The number of aliphatic imine (C=N–C) groups is 1. The summed E-state index contributed by atoms with van der Waals surface area (Å²) >= 11 is 0. The Labute approximate surface area is 40.4 Å². The number of carbonyl (C=O) groups excluding carboxylic acids is 1. The van der Waals surface area contributed by atoms with E-state index in [-0.39, 0.29) is 11.9 Å². The van der Waals surface area contributed by atoms with E-state index in [1.807, 2.05) is 5.43 Å². The number of amides is 1. The highest BCUT2D eigenvalue weighted by Crippen LogP contribution is 1.97. The second-order valence-corrected chi connectivity index (χ2v) is 1.25. The normalized spacial score (nSPS) is 24.4. The van der Waals surface area contributed by atoms with Crippen molar-refractivity contribution in [1.29, 1.82) is 0 Å². The van der Waals surface area contributed by atoms with Gasteiger partial charge in [-0.1, -0.05) is 0 Å². The van der Waals surface area contributed by atoms with Gasteiger partial charge in [0.2, 0.25) is 0 Å². The van der Waals surface area contributed by atoms with Crippen molar-refractivity contribution in [3.8, 4) is 0 Å². The van der Waals surface area contributed by atoms with Crippen molar-refractivity contribution in [2.24, 2.45) is 10.8 Å². The van der Waals surface area contributed by atoms with Crippen LogP contribution in [0.1, 0.15) is 0 Å². The monoisotopic (exact) mass is 99.0 g/mol. The van der Waals surface area contributed by atoms with Crippen LogP contribution in [-0.2, 0) is 4.79 Å². The van der Waals surface area contributed by atoms with Gasteiger partial charge in [0.1, 0.15) is 0 Å². The summed E-state index contributed by atoms with van der Waals surface area (Å²) in [6, 6.07) is -0.259. The third kappa shape index (κ3) is 0.747. The lowest BCUT2D eigenvalue weighted by Crippen LogP contribution is -2.34. The molecule has 0 aromatic heterocycles. The van der Waals surface area contributed by atoms with Crippen molar-refractivity contribution in [3.63, 3.8) is 0 Å². The van der Waals surface area contributed by atoms with Crippen LogP contribution >= 0.6 is 0 Å². The molecule has 0 spiro atoms. The summed E-state index contributed by atoms with van der Waals surface area (Å²) in [5.74, 6) is 4.50. The largest absolute Gasteiger partial charge is 0.292 e. The molecule has 0 aromatic carbocycles. The fourth-order valence-electron chi connectivity index (χ4n) is 0.264. The molecule has 1 unspecified atom stereocenters. The van der Waals surface area contributed by atoms with Crippen LogP contribution in [0.4, 0.5) is 0 Å². The van der Waals surface area contributed by atoms with Gasteiger partial charge in [0, 0.05) is 6.21 Å². The number of rotatable bonds is 1.